The maximum atomic E-state index is 13.7. The number of hydrogen-bond acceptors (Lipinski definition) is 1. The topological polar surface area (TPSA) is 17.1 Å². The molecule has 0 amide bonds. The van der Waals surface area contributed by atoms with Gasteiger partial charge in [0.25, 0.3) is 0 Å². The Morgan fingerprint density at radius 2 is 1.76 bits per heavy atom. The molecule has 2 rings (SSSR count). The van der Waals surface area contributed by atoms with Crippen molar-refractivity contribution in [2.75, 3.05) is 0 Å². The third-order valence-electron chi connectivity index (χ3n) is 2.70. The smallest absolute Gasteiger partial charge is 0.170 e. The molecule has 0 fully saturated rings. The highest BCUT2D eigenvalue weighted by atomic mass is 19.1. The summed E-state index contributed by atoms with van der Waals surface area (Å²) in [5.74, 6) is -0.592. The lowest BCUT2D eigenvalue weighted by Gasteiger charge is -2.04. The summed E-state index contributed by atoms with van der Waals surface area (Å²) < 4.78 is 13.7. The van der Waals surface area contributed by atoms with Crippen molar-refractivity contribution in [1.29, 1.82) is 0 Å². The van der Waals surface area contributed by atoms with Crippen LogP contribution in [0.2, 0.25) is 0 Å². The van der Waals surface area contributed by atoms with Crippen molar-refractivity contribution in [3.05, 3.63) is 71.0 Å². The molecule has 0 spiro atoms. The number of Topliss-reactive ketones (excluding diaryl/α,β-unsaturated/α-hetero) is 1. The van der Waals surface area contributed by atoms with E-state index in [1.165, 1.54) is 6.07 Å². The molecule has 17 heavy (non-hydrogen) atoms. The van der Waals surface area contributed by atoms with Crippen LogP contribution in [0.3, 0.4) is 0 Å². The van der Waals surface area contributed by atoms with Gasteiger partial charge in [0.05, 0.1) is 5.56 Å². The summed E-state index contributed by atoms with van der Waals surface area (Å²) in [5.41, 5.74) is 1.58. The predicted octanol–water partition coefficient (Wildman–Crippen LogP) is 3.56. The van der Waals surface area contributed by atoms with Crippen LogP contribution >= 0.6 is 0 Å². The van der Waals surface area contributed by atoms with Gasteiger partial charge in [-0.3, -0.25) is 4.79 Å². The Kier molecular flexibility index (Phi) is 3.33. The molecule has 2 aromatic rings. The van der Waals surface area contributed by atoms with E-state index in [0.29, 0.717) is 5.56 Å². The largest absolute Gasteiger partial charge is 0.294 e. The minimum atomic E-state index is -0.409. The van der Waals surface area contributed by atoms with Gasteiger partial charge in [0, 0.05) is 6.42 Å². The van der Waals surface area contributed by atoms with Gasteiger partial charge in [0.15, 0.2) is 5.78 Å². The molecule has 0 atom stereocenters. The van der Waals surface area contributed by atoms with E-state index in [4.69, 9.17) is 0 Å². The molecule has 0 radical (unpaired) electrons. The van der Waals surface area contributed by atoms with Crippen LogP contribution in [0.4, 0.5) is 4.39 Å². The molecule has 0 aliphatic heterocycles. The lowest BCUT2D eigenvalue weighted by Crippen LogP contribution is -2.07. The van der Waals surface area contributed by atoms with Gasteiger partial charge >= 0.3 is 0 Å². The summed E-state index contributed by atoms with van der Waals surface area (Å²) in [4.78, 5) is 11.9. The van der Waals surface area contributed by atoms with Gasteiger partial charge in [-0.25, -0.2) is 4.39 Å². The highest BCUT2D eigenvalue weighted by molar-refractivity contribution is 5.97. The van der Waals surface area contributed by atoms with E-state index in [1.54, 1.807) is 19.1 Å². The summed E-state index contributed by atoms with van der Waals surface area (Å²) >= 11 is 0. The van der Waals surface area contributed by atoms with Crippen LogP contribution in [-0.4, -0.2) is 5.78 Å². The van der Waals surface area contributed by atoms with E-state index in [0.717, 1.165) is 5.56 Å². The zero-order chi connectivity index (χ0) is 12.3. The first-order valence-electron chi connectivity index (χ1n) is 5.50. The summed E-state index contributed by atoms with van der Waals surface area (Å²) in [6, 6.07) is 14.3. The molecule has 0 N–H and O–H groups in total. The van der Waals surface area contributed by atoms with Crippen LogP contribution in [0.1, 0.15) is 21.5 Å². The molecule has 0 unspecified atom stereocenters. The molecule has 1 nitrogen and oxygen atoms in total. The number of carbonyl (C=O) groups is 1. The van der Waals surface area contributed by atoms with Crippen molar-refractivity contribution in [2.45, 2.75) is 13.3 Å². The number of ketones is 1. The summed E-state index contributed by atoms with van der Waals surface area (Å²) in [5, 5.41) is 0. The van der Waals surface area contributed by atoms with Gasteiger partial charge in [0.1, 0.15) is 5.82 Å². The van der Waals surface area contributed by atoms with Gasteiger partial charge in [0.2, 0.25) is 0 Å². The van der Waals surface area contributed by atoms with Gasteiger partial charge in [-0.1, -0.05) is 42.5 Å². The second-order valence-corrected chi connectivity index (χ2v) is 4.02. The quantitative estimate of drug-likeness (QED) is 0.734. The normalized spacial score (nSPS) is 10.2. The summed E-state index contributed by atoms with van der Waals surface area (Å²) in [7, 11) is 0. The fourth-order valence-electron chi connectivity index (χ4n) is 1.74. The molecule has 0 aliphatic rings. The van der Waals surface area contributed by atoms with E-state index in [2.05, 4.69) is 0 Å². The second kappa shape index (κ2) is 4.91. The second-order valence-electron chi connectivity index (χ2n) is 4.02. The summed E-state index contributed by atoms with van der Waals surface area (Å²) in [6.07, 6.45) is 0.237. The number of rotatable bonds is 3. The Morgan fingerprint density at radius 3 is 2.47 bits per heavy atom. The van der Waals surface area contributed by atoms with Gasteiger partial charge < -0.3 is 0 Å². The van der Waals surface area contributed by atoms with E-state index in [1.807, 2.05) is 30.3 Å². The number of hydrogen-bond donors (Lipinski definition) is 0. The summed E-state index contributed by atoms with van der Waals surface area (Å²) in [6.45, 7) is 1.66. The molecule has 0 saturated carbocycles. The Labute approximate surface area is 99.9 Å². The first-order chi connectivity index (χ1) is 8.18. The predicted molar refractivity (Wildman–Crippen MR) is 65.6 cm³/mol. The number of halogens is 1. The number of carbonyl (C=O) groups excluding carboxylic acids is 1. The van der Waals surface area contributed by atoms with Crippen LogP contribution in [0.15, 0.2) is 48.5 Å². The Bertz CT molecular complexity index is 532. The standard InChI is InChI=1S/C15H13FO/c1-11-6-5-9-13(15(11)16)14(17)10-12-7-3-2-4-8-12/h2-9H,10H2,1H3. The Balaban J connectivity index is 2.24. The molecule has 86 valence electrons. The maximum absolute atomic E-state index is 13.7. The van der Waals surface area contributed by atoms with Crippen LogP contribution in [0.5, 0.6) is 0 Å². The van der Waals surface area contributed by atoms with Crippen molar-refractivity contribution < 1.29 is 9.18 Å². The average Bonchev–Trinajstić information content (AvgIpc) is 2.34. The van der Waals surface area contributed by atoms with Crippen molar-refractivity contribution in [1.82, 2.24) is 0 Å². The van der Waals surface area contributed by atoms with Gasteiger partial charge in [-0.05, 0) is 24.1 Å². The average molecular weight is 228 g/mol. The van der Waals surface area contributed by atoms with E-state index in [9.17, 15) is 9.18 Å². The lowest BCUT2D eigenvalue weighted by molar-refractivity contribution is 0.0989. The van der Waals surface area contributed by atoms with Crippen LogP contribution in [0, 0.1) is 12.7 Å². The first-order valence-corrected chi connectivity index (χ1v) is 5.50. The van der Waals surface area contributed by atoms with E-state index >= 15 is 0 Å². The third-order valence-corrected chi connectivity index (χ3v) is 2.70. The molecule has 0 aromatic heterocycles. The maximum Gasteiger partial charge on any atom is 0.170 e. The minimum Gasteiger partial charge on any atom is -0.294 e. The third kappa shape index (κ3) is 2.59. The minimum absolute atomic E-state index is 0.175. The molecule has 0 bridgehead atoms. The van der Waals surface area contributed by atoms with E-state index < -0.39 is 5.82 Å². The Hall–Kier alpha value is -1.96. The van der Waals surface area contributed by atoms with E-state index in [-0.39, 0.29) is 17.8 Å². The zero-order valence-electron chi connectivity index (χ0n) is 9.61. The molecular weight excluding hydrogens is 215 g/mol. The molecule has 0 heterocycles. The number of aryl methyl sites for hydroxylation is 1. The first kappa shape index (κ1) is 11.5. The highest BCUT2D eigenvalue weighted by Crippen LogP contribution is 2.14. The van der Waals surface area contributed by atoms with Crippen LogP contribution in [0.25, 0.3) is 0 Å². The fourth-order valence-corrected chi connectivity index (χ4v) is 1.74. The van der Waals surface area contributed by atoms with Crippen molar-refractivity contribution in [3.8, 4) is 0 Å². The van der Waals surface area contributed by atoms with Crippen molar-refractivity contribution in [3.63, 3.8) is 0 Å². The molecule has 2 aromatic carbocycles. The van der Waals surface area contributed by atoms with Crippen molar-refractivity contribution >= 4 is 5.78 Å². The molecular formula is C15H13FO. The lowest BCUT2D eigenvalue weighted by atomic mass is 10.0. The molecule has 0 aliphatic carbocycles. The van der Waals surface area contributed by atoms with Gasteiger partial charge in [-0.2, -0.15) is 0 Å². The highest BCUT2D eigenvalue weighted by Gasteiger charge is 2.13. The van der Waals surface area contributed by atoms with Crippen LogP contribution in [-0.2, 0) is 6.42 Å². The number of benzene rings is 2. The molecule has 0 saturated heterocycles. The monoisotopic (exact) mass is 228 g/mol. The van der Waals surface area contributed by atoms with Crippen LogP contribution < -0.4 is 0 Å². The fraction of sp³-hybridized carbons (Fsp3) is 0.133. The molecule has 2 heteroatoms. The van der Waals surface area contributed by atoms with Crippen molar-refractivity contribution in [2.24, 2.45) is 0 Å². The zero-order valence-corrected chi connectivity index (χ0v) is 9.61. The Morgan fingerprint density at radius 1 is 1.06 bits per heavy atom. The van der Waals surface area contributed by atoms with Gasteiger partial charge in [-0.15, -0.1) is 0 Å². The SMILES string of the molecule is Cc1cccc(C(=O)Cc2ccccc2)c1F.